The third-order valence-corrected chi connectivity index (χ3v) is 6.34. The smallest absolute Gasteiger partial charge is 0.159 e. The quantitative estimate of drug-likeness (QED) is 0.298. The molecule has 0 heterocycles. The molecule has 0 nitrogen and oxygen atoms in total. The van der Waals surface area contributed by atoms with Crippen LogP contribution in [-0.4, -0.2) is 0 Å². The summed E-state index contributed by atoms with van der Waals surface area (Å²) in [5.74, 6) is 4.79. The van der Waals surface area contributed by atoms with Crippen LogP contribution in [0.2, 0.25) is 0 Å². The van der Waals surface area contributed by atoms with Crippen molar-refractivity contribution in [2.45, 2.75) is 44.4 Å². The maximum atomic E-state index is 14.8. The van der Waals surface area contributed by atoms with Gasteiger partial charge in [0, 0.05) is 10.9 Å². The normalized spacial score (nSPS) is 18.4. The minimum absolute atomic E-state index is 0.308. The summed E-state index contributed by atoms with van der Waals surface area (Å²) in [6, 6.07) is 12.8. The van der Waals surface area contributed by atoms with E-state index in [0.29, 0.717) is 27.8 Å². The van der Waals surface area contributed by atoms with E-state index in [0.717, 1.165) is 42.9 Å². The summed E-state index contributed by atoms with van der Waals surface area (Å²) in [5, 5.41) is 1.07. The standard InChI is InChI=1S/C28H25F3/c1-2-3-5-19-8-10-20(11-9-19)23-15-14-22(26(29)16-23)13-12-21-6-4-7-24-17-27(30)28(31)18-25(21)24/h2,4,6-7,14-20H,1,3,5,8-11H2. The van der Waals surface area contributed by atoms with Crippen molar-refractivity contribution in [3.05, 3.63) is 95.3 Å². The zero-order valence-corrected chi connectivity index (χ0v) is 17.4. The number of hydrogen-bond donors (Lipinski definition) is 0. The molecule has 0 radical (unpaired) electrons. The zero-order chi connectivity index (χ0) is 21.8. The van der Waals surface area contributed by atoms with Gasteiger partial charge in [-0.25, -0.2) is 13.2 Å². The predicted molar refractivity (Wildman–Crippen MR) is 120 cm³/mol. The topological polar surface area (TPSA) is 0 Å². The van der Waals surface area contributed by atoms with E-state index in [1.165, 1.54) is 19.3 Å². The van der Waals surface area contributed by atoms with E-state index >= 15 is 0 Å². The van der Waals surface area contributed by atoms with Crippen molar-refractivity contribution >= 4 is 10.8 Å². The van der Waals surface area contributed by atoms with Crippen LogP contribution in [0.5, 0.6) is 0 Å². The summed E-state index contributed by atoms with van der Waals surface area (Å²) in [5.41, 5.74) is 1.88. The van der Waals surface area contributed by atoms with Crippen molar-refractivity contribution in [1.82, 2.24) is 0 Å². The molecule has 1 fully saturated rings. The molecule has 0 amide bonds. The summed E-state index contributed by atoms with van der Waals surface area (Å²) in [7, 11) is 0. The Labute approximate surface area is 181 Å². The molecule has 3 aromatic carbocycles. The minimum atomic E-state index is -0.920. The molecule has 1 aliphatic carbocycles. The Hall–Kier alpha value is -2.99. The fourth-order valence-corrected chi connectivity index (χ4v) is 4.54. The third kappa shape index (κ3) is 4.85. The first-order chi connectivity index (χ1) is 15.0. The van der Waals surface area contributed by atoms with Crippen molar-refractivity contribution in [1.29, 1.82) is 0 Å². The van der Waals surface area contributed by atoms with Gasteiger partial charge in [-0.15, -0.1) is 6.58 Å². The molecule has 0 spiro atoms. The lowest BCUT2D eigenvalue weighted by Crippen LogP contribution is -2.13. The van der Waals surface area contributed by atoms with Gasteiger partial charge in [0.05, 0.1) is 5.56 Å². The highest BCUT2D eigenvalue weighted by atomic mass is 19.2. The van der Waals surface area contributed by atoms with Crippen LogP contribution in [-0.2, 0) is 0 Å². The maximum absolute atomic E-state index is 14.8. The van der Waals surface area contributed by atoms with Gasteiger partial charge < -0.3 is 0 Å². The van der Waals surface area contributed by atoms with E-state index in [2.05, 4.69) is 18.4 Å². The van der Waals surface area contributed by atoms with Crippen LogP contribution in [0, 0.1) is 35.2 Å². The van der Waals surface area contributed by atoms with Gasteiger partial charge in [-0.05, 0) is 91.6 Å². The van der Waals surface area contributed by atoms with Gasteiger partial charge in [-0.3, -0.25) is 0 Å². The predicted octanol–water partition coefficient (Wildman–Crippen LogP) is 7.90. The second kappa shape index (κ2) is 9.43. The largest absolute Gasteiger partial charge is 0.206 e. The van der Waals surface area contributed by atoms with E-state index in [4.69, 9.17) is 0 Å². The van der Waals surface area contributed by atoms with E-state index in [-0.39, 0.29) is 5.82 Å². The lowest BCUT2D eigenvalue weighted by molar-refractivity contribution is 0.311. The van der Waals surface area contributed by atoms with Crippen LogP contribution in [0.15, 0.2) is 61.2 Å². The number of hydrogen-bond acceptors (Lipinski definition) is 0. The fraction of sp³-hybridized carbons (Fsp3) is 0.286. The van der Waals surface area contributed by atoms with Gasteiger partial charge in [0.1, 0.15) is 5.82 Å². The number of fused-ring (bicyclic) bond motifs is 1. The van der Waals surface area contributed by atoms with Crippen LogP contribution in [0.3, 0.4) is 0 Å². The number of benzene rings is 3. The average molecular weight is 419 g/mol. The first-order valence-electron chi connectivity index (χ1n) is 10.9. The molecular weight excluding hydrogens is 393 g/mol. The van der Waals surface area contributed by atoms with E-state index in [1.807, 2.05) is 12.1 Å². The van der Waals surface area contributed by atoms with Crippen LogP contribution in [0.25, 0.3) is 10.8 Å². The highest BCUT2D eigenvalue weighted by molar-refractivity contribution is 5.88. The molecule has 0 N–H and O–H groups in total. The first kappa shape index (κ1) is 21.2. The molecule has 1 aliphatic rings. The van der Waals surface area contributed by atoms with Crippen LogP contribution >= 0.6 is 0 Å². The monoisotopic (exact) mass is 418 g/mol. The van der Waals surface area contributed by atoms with Crippen molar-refractivity contribution in [2.75, 3.05) is 0 Å². The molecule has 158 valence electrons. The zero-order valence-electron chi connectivity index (χ0n) is 17.4. The minimum Gasteiger partial charge on any atom is -0.206 e. The van der Waals surface area contributed by atoms with E-state index in [1.54, 1.807) is 30.3 Å². The summed E-state index contributed by atoms with van der Waals surface area (Å²) in [4.78, 5) is 0. The molecule has 0 aromatic heterocycles. The summed E-state index contributed by atoms with van der Waals surface area (Å²) >= 11 is 0. The Kier molecular flexibility index (Phi) is 6.47. The van der Waals surface area contributed by atoms with Gasteiger partial charge in [0.25, 0.3) is 0 Å². The summed E-state index contributed by atoms with van der Waals surface area (Å²) in [6.07, 6.45) is 8.78. The van der Waals surface area contributed by atoms with Crippen LogP contribution < -0.4 is 0 Å². The summed E-state index contributed by atoms with van der Waals surface area (Å²) in [6.45, 7) is 3.80. The van der Waals surface area contributed by atoms with Gasteiger partial charge in [0.15, 0.2) is 11.6 Å². The van der Waals surface area contributed by atoms with Crippen molar-refractivity contribution in [3.8, 4) is 11.8 Å². The molecule has 4 rings (SSSR count). The molecule has 0 aliphatic heterocycles. The van der Waals surface area contributed by atoms with E-state index < -0.39 is 11.6 Å². The summed E-state index contributed by atoms with van der Waals surface area (Å²) < 4.78 is 41.9. The Balaban J connectivity index is 1.52. The van der Waals surface area contributed by atoms with Crippen molar-refractivity contribution in [2.24, 2.45) is 5.92 Å². The number of allylic oxidation sites excluding steroid dienone is 1. The molecule has 3 heteroatoms. The number of rotatable bonds is 4. The van der Waals surface area contributed by atoms with Gasteiger partial charge in [-0.2, -0.15) is 0 Å². The first-order valence-corrected chi connectivity index (χ1v) is 10.9. The van der Waals surface area contributed by atoms with Gasteiger partial charge in [-0.1, -0.05) is 36.1 Å². The van der Waals surface area contributed by atoms with Gasteiger partial charge in [0.2, 0.25) is 0 Å². The lowest BCUT2D eigenvalue weighted by Gasteiger charge is -2.28. The SMILES string of the molecule is C=CCCC1CCC(c2ccc(C#Cc3cccc4cc(F)c(F)cc34)c(F)c2)CC1. The number of halogens is 3. The highest BCUT2D eigenvalue weighted by Gasteiger charge is 2.22. The third-order valence-electron chi connectivity index (χ3n) is 6.34. The van der Waals surface area contributed by atoms with Crippen molar-refractivity contribution < 1.29 is 13.2 Å². The Morgan fingerprint density at radius 1 is 0.839 bits per heavy atom. The van der Waals surface area contributed by atoms with Gasteiger partial charge >= 0.3 is 0 Å². The molecule has 0 atom stereocenters. The van der Waals surface area contributed by atoms with Crippen LogP contribution in [0.1, 0.15) is 61.1 Å². The molecule has 0 bridgehead atoms. The maximum Gasteiger partial charge on any atom is 0.159 e. The second-order valence-electron chi connectivity index (χ2n) is 8.37. The molecule has 31 heavy (non-hydrogen) atoms. The molecular formula is C28H25F3. The molecule has 3 aromatic rings. The second-order valence-corrected chi connectivity index (χ2v) is 8.37. The lowest BCUT2D eigenvalue weighted by atomic mass is 9.77. The molecule has 0 unspecified atom stereocenters. The highest BCUT2D eigenvalue weighted by Crippen LogP contribution is 2.38. The Morgan fingerprint density at radius 2 is 1.58 bits per heavy atom. The fourth-order valence-electron chi connectivity index (χ4n) is 4.54. The van der Waals surface area contributed by atoms with Crippen LogP contribution in [0.4, 0.5) is 13.2 Å². The Bertz CT molecular complexity index is 1160. The Morgan fingerprint density at radius 3 is 2.32 bits per heavy atom. The molecule has 0 saturated heterocycles. The average Bonchev–Trinajstić information content (AvgIpc) is 2.78. The molecule has 1 saturated carbocycles. The van der Waals surface area contributed by atoms with E-state index in [9.17, 15) is 13.2 Å². The van der Waals surface area contributed by atoms with Crippen molar-refractivity contribution in [3.63, 3.8) is 0 Å².